The first-order chi connectivity index (χ1) is 18.0. The molecule has 0 saturated carbocycles. The molecule has 2 atom stereocenters. The van der Waals surface area contributed by atoms with Crippen LogP contribution in [-0.2, 0) is 6.18 Å². The number of hydrogen-bond acceptors (Lipinski definition) is 6. The minimum atomic E-state index is -4.55. The normalized spacial score (nSPS) is 18.1. The van der Waals surface area contributed by atoms with Crippen LogP contribution in [0.5, 0.6) is 0 Å². The van der Waals surface area contributed by atoms with Crippen LogP contribution in [0.2, 0.25) is 10.0 Å². The fourth-order valence-electron chi connectivity index (χ4n) is 4.75. The number of anilines is 3. The van der Waals surface area contributed by atoms with Crippen molar-refractivity contribution in [2.24, 2.45) is 0 Å². The number of hydrogen-bond donors (Lipinski definition) is 2. The lowest BCUT2D eigenvalue weighted by molar-refractivity contribution is -0.137. The maximum Gasteiger partial charge on any atom is 0.418 e. The van der Waals surface area contributed by atoms with Crippen LogP contribution in [0.15, 0.2) is 59.8 Å². The number of halogens is 5. The Morgan fingerprint density at radius 1 is 1.03 bits per heavy atom. The lowest BCUT2D eigenvalue weighted by Gasteiger charge is -2.38. The maximum atomic E-state index is 14.1. The second-order valence-electron chi connectivity index (χ2n) is 9.31. The van der Waals surface area contributed by atoms with Gasteiger partial charge in [-0.05, 0) is 44.2 Å². The molecule has 0 aliphatic carbocycles. The molecule has 7 nitrogen and oxygen atoms in total. The highest BCUT2D eigenvalue weighted by atomic mass is 35.5. The van der Waals surface area contributed by atoms with Gasteiger partial charge in [-0.2, -0.15) is 13.2 Å². The predicted molar refractivity (Wildman–Crippen MR) is 144 cm³/mol. The Bertz CT molecular complexity index is 1550. The fourth-order valence-corrected chi connectivity index (χ4v) is 5.33. The van der Waals surface area contributed by atoms with E-state index in [4.69, 9.17) is 23.2 Å². The van der Waals surface area contributed by atoms with E-state index >= 15 is 0 Å². The molecule has 38 heavy (non-hydrogen) atoms. The van der Waals surface area contributed by atoms with Crippen LogP contribution in [0.4, 0.5) is 30.4 Å². The van der Waals surface area contributed by atoms with Gasteiger partial charge in [-0.1, -0.05) is 29.3 Å². The Morgan fingerprint density at radius 3 is 2.37 bits per heavy atom. The minimum Gasteiger partial charge on any atom is -0.368 e. The van der Waals surface area contributed by atoms with Crippen LogP contribution in [0.25, 0.3) is 16.6 Å². The van der Waals surface area contributed by atoms with E-state index in [1.54, 1.807) is 29.2 Å². The highest BCUT2D eigenvalue weighted by Crippen LogP contribution is 2.39. The van der Waals surface area contributed by atoms with Gasteiger partial charge in [0.15, 0.2) is 0 Å². The van der Waals surface area contributed by atoms with Crippen molar-refractivity contribution in [3.8, 4) is 5.69 Å². The standard InChI is InChI=1S/C26H23Cl2F3N6O/c1-14-11-36(12-15(2)34-14)22-7-6-16(8-18(22)26(29,30)31)35-23-9-21-17(10-32-23)25(38)37(13-33-21)24-19(27)4-3-5-20(24)28/h3-10,13-15,34H,11-12H2,1-2H3,(H,32,35)/t14-,15+. The van der Waals surface area contributed by atoms with Crippen molar-refractivity contribution in [3.05, 3.63) is 81.0 Å². The first-order valence-corrected chi connectivity index (χ1v) is 12.6. The molecular weight excluding hydrogens is 540 g/mol. The summed E-state index contributed by atoms with van der Waals surface area (Å²) in [4.78, 5) is 23.4. The number of aromatic nitrogens is 3. The lowest BCUT2D eigenvalue weighted by Crippen LogP contribution is -2.54. The minimum absolute atomic E-state index is 0.0606. The Labute approximate surface area is 226 Å². The van der Waals surface area contributed by atoms with Crippen molar-refractivity contribution in [2.75, 3.05) is 23.3 Å². The van der Waals surface area contributed by atoms with E-state index in [-0.39, 0.29) is 44.7 Å². The summed E-state index contributed by atoms with van der Waals surface area (Å²) in [6, 6.07) is 10.6. The number of nitrogens with zero attached hydrogens (tertiary/aromatic N) is 4. The summed E-state index contributed by atoms with van der Waals surface area (Å²) >= 11 is 12.5. The van der Waals surface area contributed by atoms with Crippen molar-refractivity contribution in [3.63, 3.8) is 0 Å². The van der Waals surface area contributed by atoms with Crippen LogP contribution in [0, 0.1) is 0 Å². The fraction of sp³-hybridized carbons (Fsp3) is 0.269. The molecule has 0 bridgehead atoms. The summed E-state index contributed by atoms with van der Waals surface area (Å²) in [5, 5.41) is 6.99. The Morgan fingerprint density at radius 2 is 1.71 bits per heavy atom. The SMILES string of the molecule is C[C@@H]1CN(c2ccc(Nc3cc4ncn(-c5c(Cl)cccc5Cl)c(=O)c4cn3)cc2C(F)(F)F)C[C@H](C)N1. The summed E-state index contributed by atoms with van der Waals surface area (Å²) in [6.45, 7) is 4.83. The highest BCUT2D eigenvalue weighted by Gasteiger charge is 2.36. The summed E-state index contributed by atoms with van der Waals surface area (Å²) in [7, 11) is 0. The molecule has 12 heteroatoms. The molecule has 1 aliphatic rings. The third-order valence-electron chi connectivity index (χ3n) is 6.29. The van der Waals surface area contributed by atoms with Crippen LogP contribution in [0.3, 0.4) is 0 Å². The van der Waals surface area contributed by atoms with Gasteiger partial charge in [-0.3, -0.25) is 9.36 Å². The largest absolute Gasteiger partial charge is 0.418 e. The van der Waals surface area contributed by atoms with E-state index in [0.717, 1.165) is 6.07 Å². The number of pyridine rings is 1. The molecule has 2 aromatic heterocycles. The molecule has 1 aliphatic heterocycles. The molecule has 0 unspecified atom stereocenters. The first kappa shape index (κ1) is 26.3. The number of benzene rings is 2. The molecule has 1 fully saturated rings. The van der Waals surface area contributed by atoms with E-state index in [0.29, 0.717) is 24.3 Å². The summed E-state index contributed by atoms with van der Waals surface area (Å²) in [5.41, 5.74) is -0.223. The molecular formula is C26H23Cl2F3N6O. The molecule has 1 saturated heterocycles. The van der Waals surface area contributed by atoms with Gasteiger partial charge in [-0.25, -0.2) is 9.97 Å². The molecule has 3 heterocycles. The van der Waals surface area contributed by atoms with Gasteiger partial charge < -0.3 is 15.5 Å². The number of para-hydroxylation sites is 1. The first-order valence-electron chi connectivity index (χ1n) is 11.8. The van der Waals surface area contributed by atoms with E-state index < -0.39 is 17.3 Å². The quantitative estimate of drug-likeness (QED) is 0.316. The summed E-state index contributed by atoms with van der Waals surface area (Å²) < 4.78 is 43.4. The molecule has 0 spiro atoms. The maximum absolute atomic E-state index is 14.1. The Balaban J connectivity index is 1.47. The molecule has 198 valence electrons. The zero-order valence-corrected chi connectivity index (χ0v) is 21.9. The number of piperazine rings is 1. The summed E-state index contributed by atoms with van der Waals surface area (Å²) in [5.74, 6) is 0.239. The molecule has 2 N–H and O–H groups in total. The van der Waals surface area contributed by atoms with E-state index in [1.165, 1.54) is 29.2 Å². The van der Waals surface area contributed by atoms with Gasteiger partial charge in [-0.15, -0.1) is 0 Å². The van der Waals surface area contributed by atoms with Crippen molar-refractivity contribution in [2.45, 2.75) is 32.1 Å². The third-order valence-corrected chi connectivity index (χ3v) is 6.90. The molecule has 4 aromatic rings. The van der Waals surface area contributed by atoms with Gasteiger partial charge in [0.1, 0.15) is 12.1 Å². The van der Waals surface area contributed by atoms with Crippen molar-refractivity contribution in [1.29, 1.82) is 0 Å². The van der Waals surface area contributed by atoms with Crippen molar-refractivity contribution in [1.82, 2.24) is 19.9 Å². The van der Waals surface area contributed by atoms with Crippen molar-refractivity contribution >= 4 is 51.3 Å². The Kier molecular flexibility index (Phi) is 6.97. The third kappa shape index (κ3) is 5.16. The second-order valence-corrected chi connectivity index (χ2v) is 10.1. The average Bonchev–Trinajstić information content (AvgIpc) is 2.84. The molecule has 0 radical (unpaired) electrons. The van der Waals surface area contributed by atoms with Gasteiger partial charge in [0.25, 0.3) is 5.56 Å². The average molecular weight is 563 g/mol. The number of alkyl halides is 3. The monoisotopic (exact) mass is 562 g/mol. The summed E-state index contributed by atoms with van der Waals surface area (Å²) in [6.07, 6.45) is -1.93. The topological polar surface area (TPSA) is 75.1 Å². The van der Waals surface area contributed by atoms with Crippen LogP contribution in [-0.4, -0.2) is 39.7 Å². The van der Waals surface area contributed by atoms with Crippen molar-refractivity contribution < 1.29 is 13.2 Å². The number of nitrogens with one attached hydrogen (secondary N) is 2. The van der Waals surface area contributed by atoms with Crippen LogP contribution in [0.1, 0.15) is 19.4 Å². The van der Waals surface area contributed by atoms with Gasteiger partial charge in [0.05, 0.1) is 32.2 Å². The van der Waals surface area contributed by atoms with Crippen LogP contribution < -0.4 is 21.1 Å². The highest BCUT2D eigenvalue weighted by molar-refractivity contribution is 6.37. The van der Waals surface area contributed by atoms with E-state index in [9.17, 15) is 18.0 Å². The van der Waals surface area contributed by atoms with E-state index in [1.807, 2.05) is 13.8 Å². The van der Waals surface area contributed by atoms with E-state index in [2.05, 4.69) is 20.6 Å². The van der Waals surface area contributed by atoms with Crippen LogP contribution >= 0.6 is 23.2 Å². The zero-order chi connectivity index (χ0) is 27.2. The zero-order valence-electron chi connectivity index (χ0n) is 20.4. The predicted octanol–water partition coefficient (Wildman–Crippen LogP) is 6.04. The number of rotatable bonds is 4. The van der Waals surface area contributed by atoms with Gasteiger partial charge in [0, 0.05) is 48.8 Å². The Hall–Kier alpha value is -3.34. The van der Waals surface area contributed by atoms with Gasteiger partial charge in [0.2, 0.25) is 0 Å². The smallest absolute Gasteiger partial charge is 0.368 e. The second kappa shape index (κ2) is 10.1. The molecule has 5 rings (SSSR count). The molecule has 0 amide bonds. The number of fused-ring (bicyclic) bond motifs is 1. The van der Waals surface area contributed by atoms with Gasteiger partial charge >= 0.3 is 6.18 Å². The molecule has 2 aromatic carbocycles. The lowest BCUT2D eigenvalue weighted by atomic mass is 10.1.